The van der Waals surface area contributed by atoms with Gasteiger partial charge in [-0.1, -0.05) is 11.6 Å². The van der Waals surface area contributed by atoms with Crippen molar-refractivity contribution in [3.8, 4) is 0 Å². The molecule has 0 aliphatic carbocycles. The molecule has 1 aromatic heterocycles. The fourth-order valence-corrected chi connectivity index (χ4v) is 0.973. The van der Waals surface area contributed by atoms with Crippen LogP contribution in [0, 0.1) is 5.41 Å². The first-order valence-corrected chi connectivity index (χ1v) is 3.95. The Morgan fingerprint density at radius 2 is 2.50 bits per heavy atom. The Bertz CT molecular complexity index is 288. The molecule has 0 unspecified atom stereocenters. The molecule has 0 aliphatic heterocycles. The smallest absolute Gasteiger partial charge is 0.233 e. The Morgan fingerprint density at radius 1 is 1.75 bits per heavy atom. The molecule has 0 bridgehead atoms. The first kappa shape index (κ1) is 9.00. The van der Waals surface area contributed by atoms with Gasteiger partial charge >= 0.3 is 0 Å². The zero-order valence-corrected chi connectivity index (χ0v) is 7.43. The maximum absolute atomic E-state index is 7.40. The van der Waals surface area contributed by atoms with Crippen molar-refractivity contribution in [3.63, 3.8) is 0 Å². The Hall–Kier alpha value is -1.09. The van der Waals surface area contributed by atoms with Gasteiger partial charge in [0, 0.05) is 6.20 Å². The molecule has 0 saturated heterocycles. The van der Waals surface area contributed by atoms with Crippen molar-refractivity contribution >= 4 is 17.5 Å². The van der Waals surface area contributed by atoms with Gasteiger partial charge < -0.3 is 4.74 Å². The number of nitrogens with one attached hydrogen (secondary N) is 1. The van der Waals surface area contributed by atoms with Crippen molar-refractivity contribution in [1.82, 2.24) is 4.98 Å². The number of nitrogens with zero attached hydrogens (tertiary/aromatic N) is 1. The quantitative estimate of drug-likeness (QED) is 0.565. The molecule has 0 aromatic carbocycles. The number of ether oxygens (including phenoxy) is 1. The van der Waals surface area contributed by atoms with Gasteiger partial charge in [-0.05, 0) is 19.1 Å². The topological polar surface area (TPSA) is 46.0 Å². The first-order valence-electron chi connectivity index (χ1n) is 3.58. The fraction of sp³-hybridized carbons (Fsp3) is 0.250. The number of hydrogen-bond acceptors (Lipinski definition) is 3. The van der Waals surface area contributed by atoms with Gasteiger partial charge in [-0.3, -0.25) is 5.41 Å². The van der Waals surface area contributed by atoms with E-state index in [1.807, 2.05) is 6.92 Å². The average molecular weight is 185 g/mol. The second kappa shape index (κ2) is 4.07. The molecule has 1 rings (SSSR count). The summed E-state index contributed by atoms with van der Waals surface area (Å²) in [4.78, 5) is 3.92. The molecule has 1 heterocycles. The van der Waals surface area contributed by atoms with Crippen molar-refractivity contribution in [2.45, 2.75) is 6.92 Å². The van der Waals surface area contributed by atoms with Gasteiger partial charge in [-0.15, -0.1) is 0 Å². The lowest BCUT2D eigenvalue weighted by Crippen LogP contribution is -2.07. The zero-order valence-electron chi connectivity index (χ0n) is 6.67. The van der Waals surface area contributed by atoms with Gasteiger partial charge in [-0.25, -0.2) is 4.98 Å². The number of aromatic nitrogens is 1. The summed E-state index contributed by atoms with van der Waals surface area (Å²) in [6, 6.07) is 3.39. The van der Waals surface area contributed by atoms with Crippen LogP contribution >= 0.6 is 11.6 Å². The number of rotatable bonds is 2. The molecule has 1 aromatic rings. The molecular weight excluding hydrogens is 176 g/mol. The molecule has 0 amide bonds. The van der Waals surface area contributed by atoms with Crippen LogP contribution in [0.5, 0.6) is 0 Å². The second-order valence-electron chi connectivity index (χ2n) is 2.10. The van der Waals surface area contributed by atoms with E-state index in [9.17, 15) is 0 Å². The lowest BCUT2D eigenvalue weighted by Gasteiger charge is -2.04. The number of pyridine rings is 1. The Balaban J connectivity index is 2.87. The van der Waals surface area contributed by atoms with Crippen LogP contribution in [0.15, 0.2) is 18.3 Å². The molecule has 12 heavy (non-hydrogen) atoms. The molecule has 3 nitrogen and oxygen atoms in total. The summed E-state index contributed by atoms with van der Waals surface area (Å²) < 4.78 is 4.95. The van der Waals surface area contributed by atoms with E-state index in [4.69, 9.17) is 21.7 Å². The predicted octanol–water partition coefficient (Wildman–Crippen LogP) is 2.10. The van der Waals surface area contributed by atoms with E-state index < -0.39 is 0 Å². The summed E-state index contributed by atoms with van der Waals surface area (Å²) in [6.07, 6.45) is 1.58. The van der Waals surface area contributed by atoms with E-state index in [-0.39, 0.29) is 5.90 Å². The van der Waals surface area contributed by atoms with Crippen LogP contribution in [0.25, 0.3) is 0 Å². The summed E-state index contributed by atoms with van der Waals surface area (Å²) >= 11 is 5.77. The number of halogens is 1. The normalized spacial score (nSPS) is 9.50. The molecular formula is C8H9ClN2O. The van der Waals surface area contributed by atoms with Gasteiger partial charge in [-0.2, -0.15) is 0 Å². The minimum atomic E-state index is 0.0168. The van der Waals surface area contributed by atoms with E-state index in [1.165, 1.54) is 0 Å². The summed E-state index contributed by atoms with van der Waals surface area (Å²) in [5, 5.41) is 7.84. The van der Waals surface area contributed by atoms with Gasteiger partial charge in [0.25, 0.3) is 0 Å². The average Bonchev–Trinajstić information content (AvgIpc) is 2.05. The minimum Gasteiger partial charge on any atom is -0.477 e. The molecule has 4 heteroatoms. The maximum Gasteiger partial charge on any atom is 0.233 e. The fourth-order valence-electron chi connectivity index (χ4n) is 0.765. The van der Waals surface area contributed by atoms with E-state index >= 15 is 0 Å². The summed E-state index contributed by atoms with van der Waals surface area (Å²) in [5.74, 6) is 0.0168. The molecule has 0 spiro atoms. The third-order valence-electron chi connectivity index (χ3n) is 1.26. The largest absolute Gasteiger partial charge is 0.477 e. The highest BCUT2D eigenvalue weighted by Crippen LogP contribution is 2.12. The monoisotopic (exact) mass is 184 g/mol. The van der Waals surface area contributed by atoms with E-state index in [0.717, 1.165) is 0 Å². The van der Waals surface area contributed by atoms with Crippen molar-refractivity contribution in [2.24, 2.45) is 0 Å². The maximum atomic E-state index is 7.40. The Morgan fingerprint density at radius 3 is 3.08 bits per heavy atom. The van der Waals surface area contributed by atoms with Crippen LogP contribution in [-0.2, 0) is 4.74 Å². The summed E-state index contributed by atoms with van der Waals surface area (Å²) in [7, 11) is 0. The lowest BCUT2D eigenvalue weighted by molar-refractivity contribution is 0.324. The highest BCUT2D eigenvalue weighted by atomic mass is 35.5. The lowest BCUT2D eigenvalue weighted by atomic mass is 10.3. The van der Waals surface area contributed by atoms with Crippen LogP contribution in [0.3, 0.4) is 0 Å². The first-order chi connectivity index (χ1) is 5.75. The van der Waals surface area contributed by atoms with E-state index in [1.54, 1.807) is 18.3 Å². The van der Waals surface area contributed by atoms with Crippen molar-refractivity contribution < 1.29 is 4.74 Å². The van der Waals surface area contributed by atoms with Crippen LogP contribution in [-0.4, -0.2) is 17.5 Å². The third-order valence-corrected chi connectivity index (χ3v) is 1.57. The SMILES string of the molecule is CCOC(=N)c1ncccc1Cl. The molecule has 0 radical (unpaired) electrons. The minimum absolute atomic E-state index is 0.0168. The highest BCUT2D eigenvalue weighted by molar-refractivity contribution is 6.33. The van der Waals surface area contributed by atoms with Gasteiger partial charge in [0.15, 0.2) is 0 Å². The zero-order chi connectivity index (χ0) is 8.97. The van der Waals surface area contributed by atoms with E-state index in [2.05, 4.69) is 4.98 Å². The Labute approximate surface area is 75.8 Å². The highest BCUT2D eigenvalue weighted by Gasteiger charge is 2.06. The Kier molecular flexibility index (Phi) is 3.05. The molecule has 0 fully saturated rings. The molecule has 0 aliphatic rings. The predicted molar refractivity (Wildman–Crippen MR) is 47.7 cm³/mol. The summed E-state index contributed by atoms with van der Waals surface area (Å²) in [5.41, 5.74) is 0.390. The molecule has 0 saturated carbocycles. The van der Waals surface area contributed by atoms with Crippen molar-refractivity contribution in [3.05, 3.63) is 29.0 Å². The van der Waals surface area contributed by atoms with Gasteiger partial charge in [0.2, 0.25) is 5.90 Å². The van der Waals surface area contributed by atoms with E-state index in [0.29, 0.717) is 17.3 Å². The van der Waals surface area contributed by atoms with Crippen molar-refractivity contribution in [2.75, 3.05) is 6.61 Å². The second-order valence-corrected chi connectivity index (χ2v) is 2.50. The van der Waals surface area contributed by atoms with Crippen LogP contribution in [0.1, 0.15) is 12.6 Å². The standard InChI is InChI=1S/C8H9ClN2O/c1-2-12-8(10)7-6(9)4-3-5-11-7/h3-5,10H,2H2,1H3. The van der Waals surface area contributed by atoms with Crippen LogP contribution in [0.2, 0.25) is 5.02 Å². The molecule has 0 atom stereocenters. The van der Waals surface area contributed by atoms with Crippen LogP contribution in [0.4, 0.5) is 0 Å². The van der Waals surface area contributed by atoms with Crippen LogP contribution < -0.4 is 0 Å². The van der Waals surface area contributed by atoms with Gasteiger partial charge in [0.05, 0.1) is 11.6 Å². The third kappa shape index (κ3) is 1.95. The number of hydrogen-bond donors (Lipinski definition) is 1. The molecule has 64 valence electrons. The molecule has 1 N–H and O–H groups in total. The van der Waals surface area contributed by atoms with Gasteiger partial charge in [0.1, 0.15) is 5.69 Å². The van der Waals surface area contributed by atoms with Crippen molar-refractivity contribution in [1.29, 1.82) is 5.41 Å². The summed E-state index contributed by atoms with van der Waals surface area (Å²) in [6.45, 7) is 2.26.